The van der Waals surface area contributed by atoms with E-state index in [1.807, 2.05) is 24.3 Å². The Kier molecular flexibility index (Phi) is 4.03. The van der Waals surface area contributed by atoms with E-state index in [1.165, 1.54) is 12.1 Å². The van der Waals surface area contributed by atoms with Crippen molar-refractivity contribution < 1.29 is 4.39 Å². The molecule has 0 fully saturated rings. The third kappa shape index (κ3) is 2.87. The van der Waals surface area contributed by atoms with E-state index < -0.39 is 5.56 Å². The summed E-state index contributed by atoms with van der Waals surface area (Å²) < 4.78 is 15.0. The van der Waals surface area contributed by atoms with E-state index in [0.29, 0.717) is 17.3 Å². The van der Waals surface area contributed by atoms with E-state index >= 15 is 0 Å². The van der Waals surface area contributed by atoms with E-state index in [4.69, 9.17) is 0 Å². The predicted octanol–water partition coefficient (Wildman–Crippen LogP) is 4.08. The highest BCUT2D eigenvalue weighted by Crippen LogP contribution is 2.35. The standard InChI is InChI=1S/C20H19FN4O/c1-12(2)11-17-22-16-6-4-3-5-15(16)19-23-20(26)18(24-25(17)19)13-7-9-14(21)10-8-13/h3-10,12,17,22H,11H2,1-2H3/t17-/m0/s1. The molecule has 2 heterocycles. The zero-order chi connectivity index (χ0) is 18.3. The minimum atomic E-state index is -0.414. The molecule has 0 radical (unpaired) electrons. The van der Waals surface area contributed by atoms with Gasteiger partial charge in [-0.1, -0.05) is 26.0 Å². The van der Waals surface area contributed by atoms with E-state index in [-0.39, 0.29) is 17.7 Å². The number of fused-ring (bicyclic) bond motifs is 3. The second kappa shape index (κ2) is 6.37. The lowest BCUT2D eigenvalue weighted by atomic mass is 10.0. The van der Waals surface area contributed by atoms with Gasteiger partial charge in [0.05, 0.1) is 0 Å². The van der Waals surface area contributed by atoms with E-state index in [1.54, 1.807) is 16.8 Å². The smallest absolute Gasteiger partial charge is 0.300 e. The van der Waals surface area contributed by atoms with Crippen LogP contribution in [0.4, 0.5) is 10.1 Å². The Bertz CT molecular complexity index is 1010. The Morgan fingerprint density at radius 1 is 1.15 bits per heavy atom. The largest absolute Gasteiger partial charge is 0.363 e. The van der Waals surface area contributed by atoms with Gasteiger partial charge in [-0.15, -0.1) is 0 Å². The van der Waals surface area contributed by atoms with Crippen LogP contribution in [0.25, 0.3) is 22.6 Å². The maximum atomic E-state index is 13.2. The van der Waals surface area contributed by atoms with Crippen molar-refractivity contribution in [2.24, 2.45) is 5.92 Å². The SMILES string of the molecule is CC(C)C[C@H]1Nc2ccccc2-c2nc(=O)c(-c3ccc(F)cc3)nn21. The summed E-state index contributed by atoms with van der Waals surface area (Å²) >= 11 is 0. The molecule has 1 aromatic heterocycles. The van der Waals surface area contributed by atoms with E-state index in [0.717, 1.165) is 17.7 Å². The Morgan fingerprint density at radius 2 is 1.88 bits per heavy atom. The van der Waals surface area contributed by atoms with Crippen LogP contribution < -0.4 is 10.9 Å². The van der Waals surface area contributed by atoms with Gasteiger partial charge in [-0.05, 0) is 48.7 Å². The summed E-state index contributed by atoms with van der Waals surface area (Å²) in [6.07, 6.45) is 0.731. The van der Waals surface area contributed by atoms with E-state index in [2.05, 4.69) is 29.2 Å². The fourth-order valence-corrected chi connectivity index (χ4v) is 3.24. The van der Waals surface area contributed by atoms with Crippen LogP contribution in [-0.2, 0) is 0 Å². The highest BCUT2D eigenvalue weighted by molar-refractivity contribution is 5.76. The topological polar surface area (TPSA) is 59.8 Å². The molecule has 4 rings (SSSR count). The van der Waals surface area contributed by atoms with Gasteiger partial charge in [0.2, 0.25) is 0 Å². The first-order chi connectivity index (χ1) is 12.5. The summed E-state index contributed by atoms with van der Waals surface area (Å²) in [5, 5.41) is 8.09. The zero-order valence-corrected chi connectivity index (χ0v) is 14.6. The Morgan fingerprint density at radius 3 is 2.62 bits per heavy atom. The lowest BCUT2D eigenvalue weighted by molar-refractivity contribution is 0.398. The molecule has 26 heavy (non-hydrogen) atoms. The van der Waals surface area contributed by atoms with Crippen LogP contribution in [0.5, 0.6) is 0 Å². The van der Waals surface area contributed by atoms with Crippen LogP contribution in [0.2, 0.25) is 0 Å². The molecule has 0 saturated heterocycles. The van der Waals surface area contributed by atoms with Gasteiger partial charge in [-0.3, -0.25) is 4.79 Å². The lowest BCUT2D eigenvalue weighted by Gasteiger charge is -2.31. The molecule has 1 aliphatic rings. The van der Waals surface area contributed by atoms with Crippen LogP contribution in [0.1, 0.15) is 26.4 Å². The average Bonchev–Trinajstić information content (AvgIpc) is 2.62. The van der Waals surface area contributed by atoms with Crippen molar-refractivity contribution in [1.29, 1.82) is 0 Å². The highest BCUT2D eigenvalue weighted by atomic mass is 19.1. The molecule has 0 bridgehead atoms. The van der Waals surface area contributed by atoms with Crippen LogP contribution in [-0.4, -0.2) is 14.8 Å². The second-order valence-electron chi connectivity index (χ2n) is 6.88. The number of rotatable bonds is 3. The molecule has 1 aliphatic heterocycles. The molecule has 0 amide bonds. The molecule has 0 aliphatic carbocycles. The average molecular weight is 350 g/mol. The van der Waals surface area contributed by atoms with Crippen LogP contribution in [0, 0.1) is 11.7 Å². The van der Waals surface area contributed by atoms with Crippen molar-refractivity contribution in [3.05, 3.63) is 64.7 Å². The third-order valence-corrected chi connectivity index (χ3v) is 4.43. The van der Waals surface area contributed by atoms with Crippen LogP contribution >= 0.6 is 0 Å². The van der Waals surface area contributed by atoms with E-state index in [9.17, 15) is 9.18 Å². The van der Waals surface area contributed by atoms with Crippen LogP contribution in [0.15, 0.2) is 53.3 Å². The number of nitrogens with one attached hydrogen (secondary N) is 1. The molecule has 0 unspecified atom stereocenters. The van der Waals surface area contributed by atoms with Gasteiger partial charge in [0.25, 0.3) is 5.56 Å². The van der Waals surface area contributed by atoms with Crippen molar-refractivity contribution in [2.45, 2.75) is 26.4 Å². The molecular weight excluding hydrogens is 331 g/mol. The number of nitrogens with zero attached hydrogens (tertiary/aromatic N) is 3. The minimum absolute atomic E-state index is 0.104. The fourth-order valence-electron chi connectivity index (χ4n) is 3.24. The monoisotopic (exact) mass is 350 g/mol. The quantitative estimate of drug-likeness (QED) is 0.773. The molecular formula is C20H19FN4O. The predicted molar refractivity (Wildman–Crippen MR) is 99.2 cm³/mol. The molecule has 5 nitrogen and oxygen atoms in total. The molecule has 3 aromatic rings. The molecule has 6 heteroatoms. The Hall–Kier alpha value is -3.02. The number of benzene rings is 2. The normalized spacial score (nSPS) is 15.3. The highest BCUT2D eigenvalue weighted by Gasteiger charge is 2.27. The van der Waals surface area contributed by atoms with Gasteiger partial charge in [0.15, 0.2) is 11.5 Å². The maximum absolute atomic E-state index is 13.2. The van der Waals surface area contributed by atoms with Crippen LogP contribution in [0.3, 0.4) is 0 Å². The number of anilines is 1. The summed E-state index contributed by atoms with van der Waals surface area (Å²) in [7, 11) is 0. The van der Waals surface area contributed by atoms with Crippen molar-refractivity contribution in [3.8, 4) is 22.6 Å². The molecule has 2 aromatic carbocycles. The third-order valence-electron chi connectivity index (χ3n) is 4.43. The number of para-hydroxylation sites is 1. The Labute approximate surface area is 150 Å². The first kappa shape index (κ1) is 16.4. The van der Waals surface area contributed by atoms with Crippen molar-refractivity contribution in [2.75, 3.05) is 5.32 Å². The Balaban J connectivity index is 1.91. The second-order valence-corrected chi connectivity index (χ2v) is 6.88. The number of halogens is 1. The van der Waals surface area contributed by atoms with Crippen molar-refractivity contribution >= 4 is 5.69 Å². The summed E-state index contributed by atoms with van der Waals surface area (Å²) in [6.45, 7) is 4.28. The van der Waals surface area contributed by atoms with Crippen molar-refractivity contribution in [3.63, 3.8) is 0 Å². The summed E-state index contributed by atoms with van der Waals surface area (Å²) in [6, 6.07) is 13.5. The summed E-state index contributed by atoms with van der Waals surface area (Å²) in [4.78, 5) is 16.9. The first-order valence-electron chi connectivity index (χ1n) is 8.65. The molecule has 1 N–H and O–H groups in total. The van der Waals surface area contributed by atoms with Gasteiger partial charge < -0.3 is 5.32 Å². The van der Waals surface area contributed by atoms with Gasteiger partial charge >= 0.3 is 0 Å². The molecule has 1 atom stereocenters. The minimum Gasteiger partial charge on any atom is -0.363 e. The number of aromatic nitrogens is 3. The lowest BCUT2D eigenvalue weighted by Crippen LogP contribution is -2.32. The molecule has 132 valence electrons. The van der Waals surface area contributed by atoms with Gasteiger partial charge in [0.1, 0.15) is 12.0 Å². The zero-order valence-electron chi connectivity index (χ0n) is 14.6. The first-order valence-corrected chi connectivity index (χ1v) is 8.65. The summed E-state index contributed by atoms with van der Waals surface area (Å²) in [5.41, 5.74) is 2.16. The molecule has 0 saturated carbocycles. The number of hydrogen-bond acceptors (Lipinski definition) is 4. The molecule has 0 spiro atoms. The van der Waals surface area contributed by atoms with Gasteiger partial charge in [0, 0.05) is 16.8 Å². The van der Waals surface area contributed by atoms with Gasteiger partial charge in [-0.2, -0.15) is 10.1 Å². The number of hydrogen-bond donors (Lipinski definition) is 1. The van der Waals surface area contributed by atoms with Crippen molar-refractivity contribution in [1.82, 2.24) is 14.8 Å². The maximum Gasteiger partial charge on any atom is 0.300 e. The summed E-state index contributed by atoms with van der Waals surface area (Å²) in [5.74, 6) is 0.634. The fraction of sp³-hybridized carbons (Fsp3) is 0.250. The van der Waals surface area contributed by atoms with Gasteiger partial charge in [-0.25, -0.2) is 9.07 Å².